The molecule has 0 aromatic carbocycles. The molecule has 102 valence electrons. The Balaban J connectivity index is 0.00000162. The lowest BCUT2D eigenvalue weighted by molar-refractivity contribution is -0.122. The second-order valence-electron chi connectivity index (χ2n) is 4.47. The van der Waals surface area contributed by atoms with Gasteiger partial charge in [0.05, 0.1) is 6.54 Å². The normalized spacial score (nSPS) is 23.2. The number of amides is 1. The number of aryl methyl sites for hydroxylation is 1. The van der Waals surface area contributed by atoms with Gasteiger partial charge in [-0.3, -0.25) is 9.48 Å². The second-order valence-corrected chi connectivity index (χ2v) is 4.47. The average Bonchev–Trinajstić information content (AvgIpc) is 2.82. The lowest BCUT2D eigenvalue weighted by Crippen LogP contribution is -2.52. The largest absolute Gasteiger partial charge is 0.352 e. The Morgan fingerprint density at radius 2 is 2.44 bits per heavy atom. The minimum Gasteiger partial charge on any atom is -0.352 e. The van der Waals surface area contributed by atoms with Crippen molar-refractivity contribution in [3.63, 3.8) is 0 Å². The minimum atomic E-state index is 0. The van der Waals surface area contributed by atoms with E-state index in [9.17, 15) is 4.79 Å². The van der Waals surface area contributed by atoms with Crippen LogP contribution in [0.25, 0.3) is 0 Å². The van der Waals surface area contributed by atoms with Crippen molar-refractivity contribution in [2.24, 2.45) is 0 Å². The summed E-state index contributed by atoms with van der Waals surface area (Å²) in [5, 5.41) is 10.4. The topological polar surface area (TPSA) is 71.8 Å². The molecule has 6 nitrogen and oxygen atoms in total. The maximum atomic E-state index is 11.8. The Morgan fingerprint density at radius 1 is 1.61 bits per heavy atom. The van der Waals surface area contributed by atoms with E-state index in [0.717, 1.165) is 19.4 Å². The van der Waals surface area contributed by atoms with Gasteiger partial charge in [0, 0.05) is 18.5 Å². The van der Waals surface area contributed by atoms with Gasteiger partial charge in [-0.2, -0.15) is 5.10 Å². The standard InChI is InChI=1S/C11H19N5O.ClH/c1-9-10(3-2-5-13-9)15-11(17)4-6-16-8-12-7-14-16;/h7-10,13H,2-6H2,1H3,(H,15,17);1H. The molecule has 2 N–H and O–H groups in total. The molecule has 1 aliphatic heterocycles. The van der Waals surface area contributed by atoms with Crippen LogP contribution in [0.5, 0.6) is 0 Å². The molecular formula is C11H20ClN5O. The van der Waals surface area contributed by atoms with Crippen LogP contribution in [0.2, 0.25) is 0 Å². The number of hydrogen-bond donors (Lipinski definition) is 2. The van der Waals surface area contributed by atoms with Crippen LogP contribution < -0.4 is 10.6 Å². The molecule has 1 aliphatic rings. The summed E-state index contributed by atoms with van der Waals surface area (Å²) in [6.45, 7) is 3.74. The minimum absolute atomic E-state index is 0. The molecule has 1 fully saturated rings. The van der Waals surface area contributed by atoms with Crippen LogP contribution in [0.1, 0.15) is 26.2 Å². The molecule has 2 rings (SSSR count). The first-order valence-electron chi connectivity index (χ1n) is 6.11. The van der Waals surface area contributed by atoms with Gasteiger partial charge in [0.1, 0.15) is 12.7 Å². The van der Waals surface area contributed by atoms with Crippen LogP contribution >= 0.6 is 12.4 Å². The van der Waals surface area contributed by atoms with E-state index < -0.39 is 0 Å². The monoisotopic (exact) mass is 273 g/mol. The van der Waals surface area contributed by atoms with E-state index in [1.54, 1.807) is 11.0 Å². The number of nitrogens with zero attached hydrogens (tertiary/aromatic N) is 3. The summed E-state index contributed by atoms with van der Waals surface area (Å²) in [6, 6.07) is 0.617. The zero-order valence-corrected chi connectivity index (χ0v) is 11.3. The smallest absolute Gasteiger partial charge is 0.222 e. The molecule has 0 spiro atoms. The van der Waals surface area contributed by atoms with Crippen LogP contribution in [0.15, 0.2) is 12.7 Å². The third-order valence-electron chi connectivity index (χ3n) is 3.14. The quantitative estimate of drug-likeness (QED) is 0.830. The summed E-state index contributed by atoms with van der Waals surface area (Å²) in [7, 11) is 0. The number of carbonyl (C=O) groups excluding carboxylic acids is 1. The molecule has 1 saturated heterocycles. The van der Waals surface area contributed by atoms with Crippen LogP contribution in [0.3, 0.4) is 0 Å². The summed E-state index contributed by atoms with van der Waals surface area (Å²) < 4.78 is 1.67. The maximum Gasteiger partial charge on any atom is 0.222 e. The average molecular weight is 274 g/mol. The fraction of sp³-hybridized carbons (Fsp3) is 0.727. The van der Waals surface area contributed by atoms with Crippen molar-refractivity contribution in [1.29, 1.82) is 0 Å². The summed E-state index contributed by atoms with van der Waals surface area (Å²) in [5.41, 5.74) is 0. The maximum absolute atomic E-state index is 11.8. The van der Waals surface area contributed by atoms with Crippen molar-refractivity contribution in [1.82, 2.24) is 25.4 Å². The Hall–Kier alpha value is -1.14. The highest BCUT2D eigenvalue weighted by atomic mass is 35.5. The number of hydrogen-bond acceptors (Lipinski definition) is 4. The highest BCUT2D eigenvalue weighted by Crippen LogP contribution is 2.08. The van der Waals surface area contributed by atoms with Crippen LogP contribution in [-0.4, -0.2) is 39.3 Å². The summed E-state index contributed by atoms with van der Waals surface area (Å²) in [4.78, 5) is 15.6. The van der Waals surface area contributed by atoms with Crippen molar-refractivity contribution in [2.45, 2.75) is 44.8 Å². The van der Waals surface area contributed by atoms with Gasteiger partial charge in [-0.25, -0.2) is 4.98 Å². The molecule has 0 saturated carbocycles. The number of halogens is 1. The highest BCUT2D eigenvalue weighted by Gasteiger charge is 2.21. The van der Waals surface area contributed by atoms with Gasteiger partial charge in [0.25, 0.3) is 0 Å². The zero-order chi connectivity index (χ0) is 12.1. The van der Waals surface area contributed by atoms with E-state index in [2.05, 4.69) is 27.6 Å². The zero-order valence-electron chi connectivity index (χ0n) is 10.5. The Morgan fingerprint density at radius 3 is 3.11 bits per heavy atom. The lowest BCUT2D eigenvalue weighted by Gasteiger charge is -2.30. The van der Waals surface area contributed by atoms with Crippen molar-refractivity contribution in [2.75, 3.05) is 6.54 Å². The number of nitrogens with one attached hydrogen (secondary N) is 2. The summed E-state index contributed by atoms with van der Waals surface area (Å²) in [5.74, 6) is 0.0843. The second kappa shape index (κ2) is 7.33. The molecule has 1 aromatic heterocycles. The highest BCUT2D eigenvalue weighted by molar-refractivity contribution is 5.85. The molecule has 2 heterocycles. The van der Waals surface area contributed by atoms with Crippen molar-refractivity contribution >= 4 is 18.3 Å². The molecule has 1 amide bonds. The molecule has 2 atom stereocenters. The van der Waals surface area contributed by atoms with E-state index in [4.69, 9.17) is 0 Å². The Bertz CT molecular complexity index is 356. The van der Waals surface area contributed by atoms with Gasteiger partial charge in [-0.15, -0.1) is 12.4 Å². The molecule has 1 aromatic rings. The first-order chi connectivity index (χ1) is 8.25. The predicted octanol–water partition coefficient (Wildman–Crippen LogP) is 0.347. The molecular weight excluding hydrogens is 254 g/mol. The summed E-state index contributed by atoms with van der Waals surface area (Å²) in [6.07, 6.45) is 5.73. The number of rotatable bonds is 4. The molecule has 0 radical (unpaired) electrons. The number of piperidine rings is 1. The third kappa shape index (κ3) is 4.27. The number of aromatic nitrogens is 3. The lowest BCUT2D eigenvalue weighted by atomic mass is 10.00. The Labute approximate surface area is 113 Å². The van der Waals surface area contributed by atoms with Gasteiger partial charge in [-0.1, -0.05) is 0 Å². The molecule has 0 aliphatic carbocycles. The molecule has 0 bridgehead atoms. The van der Waals surface area contributed by atoms with E-state index >= 15 is 0 Å². The van der Waals surface area contributed by atoms with Gasteiger partial charge in [0.15, 0.2) is 0 Å². The van der Waals surface area contributed by atoms with Gasteiger partial charge in [0.2, 0.25) is 5.91 Å². The van der Waals surface area contributed by atoms with E-state index in [1.807, 2.05) is 0 Å². The Kier molecular flexibility index (Phi) is 6.07. The molecule has 7 heteroatoms. The van der Waals surface area contributed by atoms with Crippen LogP contribution in [0, 0.1) is 0 Å². The van der Waals surface area contributed by atoms with Crippen LogP contribution in [0.4, 0.5) is 0 Å². The molecule has 2 unspecified atom stereocenters. The number of carbonyl (C=O) groups is 1. The molecule has 18 heavy (non-hydrogen) atoms. The summed E-state index contributed by atoms with van der Waals surface area (Å²) >= 11 is 0. The van der Waals surface area contributed by atoms with Crippen molar-refractivity contribution < 1.29 is 4.79 Å². The predicted molar refractivity (Wildman–Crippen MR) is 70.5 cm³/mol. The van der Waals surface area contributed by atoms with Gasteiger partial charge >= 0.3 is 0 Å². The van der Waals surface area contributed by atoms with Crippen molar-refractivity contribution in [3.8, 4) is 0 Å². The van der Waals surface area contributed by atoms with Gasteiger partial charge in [-0.05, 0) is 26.3 Å². The SMILES string of the molecule is CC1NCCCC1NC(=O)CCn1cncn1.Cl. The van der Waals surface area contributed by atoms with Crippen molar-refractivity contribution in [3.05, 3.63) is 12.7 Å². The fourth-order valence-corrected chi connectivity index (χ4v) is 2.08. The first kappa shape index (κ1) is 14.9. The third-order valence-corrected chi connectivity index (χ3v) is 3.14. The first-order valence-corrected chi connectivity index (χ1v) is 6.11. The fourth-order valence-electron chi connectivity index (χ4n) is 2.08. The van der Waals surface area contributed by atoms with Crippen LogP contribution in [-0.2, 0) is 11.3 Å². The van der Waals surface area contributed by atoms with E-state index in [0.29, 0.717) is 19.0 Å². The van der Waals surface area contributed by atoms with E-state index in [-0.39, 0.29) is 24.4 Å². The van der Waals surface area contributed by atoms with Gasteiger partial charge < -0.3 is 10.6 Å². The van der Waals surface area contributed by atoms with E-state index in [1.165, 1.54) is 6.33 Å².